The van der Waals surface area contributed by atoms with Gasteiger partial charge in [0.05, 0.1) is 10.9 Å². The van der Waals surface area contributed by atoms with Crippen LogP contribution in [0.4, 0.5) is 0 Å². The first-order chi connectivity index (χ1) is 8.29. The zero-order chi connectivity index (χ0) is 11.7. The van der Waals surface area contributed by atoms with Gasteiger partial charge in [-0.15, -0.1) is 11.8 Å². The summed E-state index contributed by atoms with van der Waals surface area (Å²) in [7, 11) is 0. The normalized spacial score (nSPS) is 36.5. The van der Waals surface area contributed by atoms with E-state index >= 15 is 0 Å². The fourth-order valence-electron chi connectivity index (χ4n) is 3.11. The average molecular weight is 272 g/mol. The van der Waals surface area contributed by atoms with Gasteiger partial charge in [-0.3, -0.25) is 4.79 Å². The maximum Gasteiger partial charge on any atom is 0.149 e. The average Bonchev–Trinajstić information content (AvgIpc) is 2.37. The molecule has 0 amide bonds. The number of carbonyl (C=O) groups excluding carboxylic acids is 1. The molecule has 2 unspecified atom stereocenters. The summed E-state index contributed by atoms with van der Waals surface area (Å²) in [4.78, 5) is 12.5. The van der Waals surface area contributed by atoms with E-state index in [1.165, 1.54) is 25.0 Å². The zero-order valence-corrected chi connectivity index (χ0v) is 11.8. The summed E-state index contributed by atoms with van der Waals surface area (Å²) >= 11 is 3.82. The first-order valence-electron chi connectivity index (χ1n) is 6.66. The number of carbonyl (C=O) groups is 1. The van der Waals surface area contributed by atoms with Crippen LogP contribution in [0.5, 0.6) is 0 Å². The van der Waals surface area contributed by atoms with E-state index in [2.05, 4.69) is 0 Å². The van der Waals surface area contributed by atoms with E-state index < -0.39 is 0 Å². The lowest BCUT2D eigenvalue weighted by molar-refractivity contribution is -0.155. The Morgan fingerprint density at radius 2 is 2.18 bits per heavy atom. The third kappa shape index (κ3) is 2.54. The van der Waals surface area contributed by atoms with Gasteiger partial charge in [0, 0.05) is 29.8 Å². The molecule has 2 nitrogen and oxygen atoms in total. The number of ketones is 1. The van der Waals surface area contributed by atoms with Crippen molar-refractivity contribution in [2.24, 2.45) is 5.92 Å². The van der Waals surface area contributed by atoms with Gasteiger partial charge < -0.3 is 4.74 Å². The van der Waals surface area contributed by atoms with Crippen LogP contribution in [0.1, 0.15) is 32.1 Å². The van der Waals surface area contributed by atoms with E-state index in [4.69, 9.17) is 4.74 Å². The minimum atomic E-state index is 0.116. The second-order valence-electron chi connectivity index (χ2n) is 5.41. The molecule has 2 aliphatic heterocycles. The van der Waals surface area contributed by atoms with Gasteiger partial charge in [-0.25, -0.2) is 0 Å². The number of Topliss-reactive ketones (excluding diaryl/α,β-unsaturated/α-hetero) is 1. The molecule has 0 aromatic heterocycles. The molecular formula is C13H20O2S2. The SMILES string of the molecule is O=C(C1CCOC2(CCC2)C1)C1CSCCS1. The molecule has 1 saturated carbocycles. The molecule has 3 rings (SSSR count). The summed E-state index contributed by atoms with van der Waals surface area (Å²) in [5.74, 6) is 4.21. The Hall–Kier alpha value is 0.330. The van der Waals surface area contributed by atoms with Crippen molar-refractivity contribution in [3.63, 3.8) is 0 Å². The minimum Gasteiger partial charge on any atom is -0.375 e. The predicted octanol–water partition coefficient (Wildman–Crippen LogP) is 2.75. The Kier molecular flexibility index (Phi) is 3.74. The molecule has 96 valence electrons. The summed E-state index contributed by atoms with van der Waals surface area (Å²) < 4.78 is 5.90. The van der Waals surface area contributed by atoms with Crippen LogP contribution in [0.25, 0.3) is 0 Å². The van der Waals surface area contributed by atoms with E-state index in [9.17, 15) is 4.79 Å². The van der Waals surface area contributed by atoms with Crippen LogP contribution in [0.15, 0.2) is 0 Å². The fraction of sp³-hybridized carbons (Fsp3) is 0.923. The maximum absolute atomic E-state index is 12.5. The maximum atomic E-state index is 12.5. The van der Waals surface area contributed by atoms with Crippen LogP contribution in [0, 0.1) is 5.92 Å². The van der Waals surface area contributed by atoms with Crippen LogP contribution in [0.3, 0.4) is 0 Å². The number of rotatable bonds is 2. The molecule has 4 heteroatoms. The Morgan fingerprint density at radius 1 is 1.29 bits per heavy atom. The van der Waals surface area contributed by atoms with Gasteiger partial charge in [0.1, 0.15) is 5.78 Å². The first-order valence-corrected chi connectivity index (χ1v) is 8.86. The first kappa shape index (κ1) is 12.4. The Labute approximate surface area is 112 Å². The van der Waals surface area contributed by atoms with Gasteiger partial charge in [-0.2, -0.15) is 11.8 Å². The van der Waals surface area contributed by atoms with Gasteiger partial charge in [-0.05, 0) is 32.1 Å². The molecule has 1 spiro atoms. The highest BCUT2D eigenvalue weighted by Gasteiger charge is 2.45. The van der Waals surface area contributed by atoms with Gasteiger partial charge in [0.15, 0.2) is 0 Å². The number of thioether (sulfide) groups is 2. The Balaban J connectivity index is 1.60. The number of hydrogen-bond donors (Lipinski definition) is 0. The molecule has 2 saturated heterocycles. The molecular weight excluding hydrogens is 252 g/mol. The molecule has 2 heterocycles. The van der Waals surface area contributed by atoms with Crippen molar-refractivity contribution in [2.75, 3.05) is 23.9 Å². The molecule has 1 aliphatic carbocycles. The van der Waals surface area contributed by atoms with Crippen molar-refractivity contribution >= 4 is 29.3 Å². The molecule has 3 aliphatic rings. The summed E-state index contributed by atoms with van der Waals surface area (Å²) in [6, 6.07) is 0. The van der Waals surface area contributed by atoms with Crippen LogP contribution in [-0.4, -0.2) is 40.5 Å². The van der Waals surface area contributed by atoms with Gasteiger partial charge in [0.2, 0.25) is 0 Å². The van der Waals surface area contributed by atoms with Crippen molar-refractivity contribution in [1.82, 2.24) is 0 Å². The van der Waals surface area contributed by atoms with Gasteiger partial charge in [0.25, 0.3) is 0 Å². The van der Waals surface area contributed by atoms with Crippen molar-refractivity contribution in [2.45, 2.75) is 43.0 Å². The summed E-state index contributed by atoms with van der Waals surface area (Å²) in [6.45, 7) is 0.806. The molecule has 0 aromatic rings. The van der Waals surface area contributed by atoms with Crippen molar-refractivity contribution in [3.8, 4) is 0 Å². The molecule has 0 bridgehead atoms. The Morgan fingerprint density at radius 3 is 2.82 bits per heavy atom. The van der Waals surface area contributed by atoms with E-state index in [1.54, 1.807) is 0 Å². The standard InChI is InChI=1S/C13H20O2S2/c14-12(11-9-16-6-7-17-11)10-2-5-15-13(8-10)3-1-4-13/h10-11H,1-9H2. The molecule has 0 aromatic carbocycles. The van der Waals surface area contributed by atoms with Crippen molar-refractivity contribution < 1.29 is 9.53 Å². The predicted molar refractivity (Wildman–Crippen MR) is 73.8 cm³/mol. The van der Waals surface area contributed by atoms with Crippen LogP contribution in [-0.2, 0) is 9.53 Å². The smallest absolute Gasteiger partial charge is 0.149 e. The largest absolute Gasteiger partial charge is 0.375 e. The molecule has 17 heavy (non-hydrogen) atoms. The molecule has 3 fully saturated rings. The van der Waals surface area contributed by atoms with Gasteiger partial charge in [-0.1, -0.05) is 0 Å². The number of ether oxygens (including phenoxy) is 1. The van der Waals surface area contributed by atoms with Crippen LogP contribution < -0.4 is 0 Å². The third-order valence-electron chi connectivity index (χ3n) is 4.29. The molecule has 0 N–H and O–H groups in total. The number of hydrogen-bond acceptors (Lipinski definition) is 4. The topological polar surface area (TPSA) is 26.3 Å². The van der Waals surface area contributed by atoms with E-state index in [1.807, 2.05) is 23.5 Å². The zero-order valence-electron chi connectivity index (χ0n) is 10.2. The lowest BCUT2D eigenvalue weighted by Crippen LogP contribution is -2.48. The summed E-state index contributed by atoms with van der Waals surface area (Å²) in [6.07, 6.45) is 5.62. The third-order valence-corrected chi connectivity index (χ3v) is 7.07. The van der Waals surface area contributed by atoms with E-state index in [-0.39, 0.29) is 10.9 Å². The summed E-state index contributed by atoms with van der Waals surface area (Å²) in [5.41, 5.74) is 0.116. The Bertz CT molecular complexity index is 296. The van der Waals surface area contributed by atoms with E-state index in [0.717, 1.165) is 31.0 Å². The quantitative estimate of drug-likeness (QED) is 0.772. The van der Waals surface area contributed by atoms with Gasteiger partial charge >= 0.3 is 0 Å². The second-order valence-corrected chi connectivity index (χ2v) is 7.87. The molecule has 2 atom stereocenters. The van der Waals surface area contributed by atoms with Crippen LogP contribution >= 0.6 is 23.5 Å². The lowest BCUT2D eigenvalue weighted by atomic mass is 9.71. The lowest BCUT2D eigenvalue weighted by Gasteiger charge is -2.47. The van der Waals surface area contributed by atoms with Crippen molar-refractivity contribution in [3.05, 3.63) is 0 Å². The van der Waals surface area contributed by atoms with E-state index in [0.29, 0.717) is 11.7 Å². The van der Waals surface area contributed by atoms with Crippen molar-refractivity contribution in [1.29, 1.82) is 0 Å². The second kappa shape index (κ2) is 5.14. The highest BCUT2D eigenvalue weighted by Crippen LogP contribution is 2.45. The minimum absolute atomic E-state index is 0.116. The highest BCUT2D eigenvalue weighted by atomic mass is 32.2. The fourth-order valence-corrected chi connectivity index (χ4v) is 5.82. The summed E-state index contributed by atoms with van der Waals surface area (Å²) in [5, 5.41) is 0.272. The molecule has 0 radical (unpaired) electrons. The van der Waals surface area contributed by atoms with Crippen LogP contribution in [0.2, 0.25) is 0 Å². The highest BCUT2D eigenvalue weighted by molar-refractivity contribution is 8.07. The monoisotopic (exact) mass is 272 g/mol.